The second-order valence-electron chi connectivity index (χ2n) is 3.82. The monoisotopic (exact) mass is 290 g/mol. The number of carbonyl (C=O) groups excluding carboxylic acids is 1. The number of hydrazine groups is 1. The van der Waals surface area contributed by atoms with Gasteiger partial charge in [-0.25, -0.2) is 5.84 Å². The van der Waals surface area contributed by atoms with Gasteiger partial charge in [0.2, 0.25) is 0 Å². The lowest BCUT2D eigenvalue weighted by Crippen LogP contribution is -2.30. The minimum Gasteiger partial charge on any atom is -0.328 e. The Bertz CT molecular complexity index is 632. The van der Waals surface area contributed by atoms with Gasteiger partial charge in [-0.2, -0.15) is 23.3 Å². The van der Waals surface area contributed by atoms with E-state index in [2.05, 4.69) is 19.8 Å². The maximum absolute atomic E-state index is 12.5. The van der Waals surface area contributed by atoms with Crippen LogP contribution in [0, 0.1) is 6.92 Å². The normalized spacial score (nSPS) is 11.7. The van der Waals surface area contributed by atoms with Gasteiger partial charge in [-0.1, -0.05) is 5.16 Å². The quantitative estimate of drug-likeness (QED) is 0.476. The largest absolute Gasteiger partial charge is 0.435 e. The molecule has 2 aromatic rings. The summed E-state index contributed by atoms with van der Waals surface area (Å²) in [5.41, 5.74) is 1.04. The van der Waals surface area contributed by atoms with Crippen LogP contribution in [-0.4, -0.2) is 25.8 Å². The van der Waals surface area contributed by atoms with E-state index in [0.717, 1.165) is 10.7 Å². The Balaban J connectivity index is 2.20. The van der Waals surface area contributed by atoms with Crippen LogP contribution in [-0.2, 0) is 12.7 Å². The fourth-order valence-corrected chi connectivity index (χ4v) is 1.41. The summed E-state index contributed by atoms with van der Waals surface area (Å²) in [5.74, 6) is 3.69. The van der Waals surface area contributed by atoms with E-state index in [1.807, 2.05) is 0 Å². The molecule has 1 amide bonds. The average molecular weight is 290 g/mol. The summed E-state index contributed by atoms with van der Waals surface area (Å²) in [5, 5.41) is 6.84. The number of nitrogen functional groups attached to an aromatic ring is 1. The number of nitrogens with two attached hydrogens (primary N) is 1. The highest BCUT2D eigenvalue weighted by atomic mass is 19.4. The molecule has 0 aliphatic carbocycles. The van der Waals surface area contributed by atoms with E-state index in [4.69, 9.17) is 5.84 Å². The number of alkyl halides is 3. The lowest BCUT2D eigenvalue weighted by Gasteiger charge is -2.01. The van der Waals surface area contributed by atoms with Gasteiger partial charge >= 0.3 is 18.0 Å². The molecule has 20 heavy (non-hydrogen) atoms. The van der Waals surface area contributed by atoms with Crippen LogP contribution in [0.15, 0.2) is 10.6 Å². The number of hydrogen-bond donors (Lipinski definition) is 2. The third-order valence-electron chi connectivity index (χ3n) is 2.36. The summed E-state index contributed by atoms with van der Waals surface area (Å²) < 4.78 is 43.1. The number of nitrogens with zero attached hydrogens (tertiary/aromatic N) is 4. The number of carbonyl (C=O) groups is 1. The molecule has 0 fully saturated rings. The summed E-state index contributed by atoms with van der Waals surface area (Å²) in [4.78, 5) is 14.8. The summed E-state index contributed by atoms with van der Waals surface area (Å²) in [7, 11) is 0. The van der Waals surface area contributed by atoms with Crippen molar-refractivity contribution in [2.45, 2.75) is 19.6 Å². The Labute approximate surface area is 109 Å². The molecule has 0 saturated heterocycles. The number of aryl methyl sites for hydroxylation is 1. The molecular weight excluding hydrogens is 281 g/mol. The molecule has 0 radical (unpaired) electrons. The van der Waals surface area contributed by atoms with Crippen molar-refractivity contribution in [2.75, 3.05) is 0 Å². The van der Waals surface area contributed by atoms with Gasteiger partial charge in [-0.15, -0.1) is 0 Å². The average Bonchev–Trinajstić information content (AvgIpc) is 2.96. The van der Waals surface area contributed by atoms with Crippen molar-refractivity contribution < 1.29 is 22.5 Å². The molecule has 0 unspecified atom stereocenters. The maximum Gasteiger partial charge on any atom is 0.435 e. The first-order valence-corrected chi connectivity index (χ1v) is 5.26. The molecule has 0 aliphatic rings. The van der Waals surface area contributed by atoms with Crippen LogP contribution in [0.1, 0.15) is 27.9 Å². The third kappa shape index (κ3) is 2.77. The van der Waals surface area contributed by atoms with Gasteiger partial charge in [-0.3, -0.25) is 14.9 Å². The molecule has 8 nitrogen and oxygen atoms in total. The number of halogens is 3. The zero-order chi connectivity index (χ0) is 14.9. The van der Waals surface area contributed by atoms with E-state index in [1.54, 1.807) is 5.43 Å². The molecular formula is C9H9F3N6O2. The van der Waals surface area contributed by atoms with E-state index in [9.17, 15) is 18.0 Å². The van der Waals surface area contributed by atoms with E-state index in [-0.39, 0.29) is 24.0 Å². The Kier molecular flexibility index (Phi) is 3.44. The Morgan fingerprint density at radius 3 is 2.80 bits per heavy atom. The minimum absolute atomic E-state index is 0.00326. The molecule has 0 saturated carbocycles. The molecule has 3 N–H and O–H groups in total. The zero-order valence-electron chi connectivity index (χ0n) is 10.1. The van der Waals surface area contributed by atoms with E-state index in [0.29, 0.717) is 0 Å². The molecule has 2 heterocycles. The highest BCUT2D eigenvalue weighted by Crippen LogP contribution is 2.28. The predicted molar refractivity (Wildman–Crippen MR) is 57.0 cm³/mol. The summed E-state index contributed by atoms with van der Waals surface area (Å²) in [6.07, 6.45) is -4.53. The van der Waals surface area contributed by atoms with Crippen molar-refractivity contribution in [3.05, 3.63) is 29.2 Å². The molecule has 2 rings (SSSR count). The van der Waals surface area contributed by atoms with Crippen LogP contribution in [0.3, 0.4) is 0 Å². The van der Waals surface area contributed by atoms with Crippen LogP contribution in [0.2, 0.25) is 0 Å². The Morgan fingerprint density at radius 1 is 1.55 bits per heavy atom. The van der Waals surface area contributed by atoms with Gasteiger partial charge in [0.1, 0.15) is 6.54 Å². The SMILES string of the molecule is Cc1cc(C(F)(F)F)nn1Cc1noc(C(=O)NN)n1. The van der Waals surface area contributed by atoms with Crippen LogP contribution >= 0.6 is 0 Å². The molecule has 108 valence electrons. The topological polar surface area (TPSA) is 112 Å². The fourth-order valence-electron chi connectivity index (χ4n) is 1.41. The number of nitrogens with one attached hydrogen (secondary N) is 1. The second kappa shape index (κ2) is 4.92. The lowest BCUT2D eigenvalue weighted by molar-refractivity contribution is -0.141. The second-order valence-corrected chi connectivity index (χ2v) is 3.82. The predicted octanol–water partition coefficient (Wildman–Crippen LogP) is 0.245. The smallest absolute Gasteiger partial charge is 0.328 e. The first-order chi connectivity index (χ1) is 9.31. The number of hydrogen-bond acceptors (Lipinski definition) is 6. The standard InChI is InChI=1S/C9H9F3N6O2/c1-4-2-5(9(10,11)12)16-18(4)3-6-14-8(20-17-6)7(19)15-13/h2H,3,13H2,1H3,(H,15,19). The van der Waals surface area contributed by atoms with Crippen molar-refractivity contribution in [1.82, 2.24) is 25.3 Å². The van der Waals surface area contributed by atoms with E-state index < -0.39 is 17.8 Å². The van der Waals surface area contributed by atoms with Gasteiger partial charge < -0.3 is 4.52 Å². The Hall–Kier alpha value is -2.43. The number of amides is 1. The van der Waals surface area contributed by atoms with Crippen LogP contribution < -0.4 is 11.3 Å². The molecule has 2 aromatic heterocycles. The first kappa shape index (κ1) is 14.0. The van der Waals surface area contributed by atoms with Crippen molar-refractivity contribution in [3.63, 3.8) is 0 Å². The van der Waals surface area contributed by atoms with Crippen molar-refractivity contribution in [2.24, 2.45) is 5.84 Å². The summed E-state index contributed by atoms with van der Waals surface area (Å²) >= 11 is 0. The molecule has 0 spiro atoms. The fraction of sp³-hybridized carbons (Fsp3) is 0.333. The van der Waals surface area contributed by atoms with Gasteiger partial charge in [0.25, 0.3) is 0 Å². The maximum atomic E-state index is 12.5. The van der Waals surface area contributed by atoms with Crippen LogP contribution in [0.25, 0.3) is 0 Å². The molecule has 0 atom stereocenters. The van der Waals surface area contributed by atoms with Crippen molar-refractivity contribution >= 4 is 5.91 Å². The minimum atomic E-state index is -4.53. The summed E-state index contributed by atoms with van der Waals surface area (Å²) in [6, 6.07) is 0.896. The molecule has 11 heteroatoms. The molecule has 0 aromatic carbocycles. The first-order valence-electron chi connectivity index (χ1n) is 5.26. The van der Waals surface area contributed by atoms with Crippen molar-refractivity contribution in [3.8, 4) is 0 Å². The Morgan fingerprint density at radius 2 is 2.25 bits per heavy atom. The van der Waals surface area contributed by atoms with E-state index in [1.165, 1.54) is 6.92 Å². The summed E-state index contributed by atoms with van der Waals surface area (Å²) in [6.45, 7) is 1.29. The van der Waals surface area contributed by atoms with Gasteiger partial charge in [0, 0.05) is 5.69 Å². The van der Waals surface area contributed by atoms with Gasteiger partial charge in [0.05, 0.1) is 0 Å². The van der Waals surface area contributed by atoms with Crippen LogP contribution in [0.5, 0.6) is 0 Å². The van der Waals surface area contributed by atoms with E-state index >= 15 is 0 Å². The zero-order valence-corrected chi connectivity index (χ0v) is 10.1. The lowest BCUT2D eigenvalue weighted by atomic mass is 10.3. The third-order valence-corrected chi connectivity index (χ3v) is 2.36. The van der Waals surface area contributed by atoms with Crippen molar-refractivity contribution in [1.29, 1.82) is 0 Å². The van der Waals surface area contributed by atoms with Crippen LogP contribution in [0.4, 0.5) is 13.2 Å². The highest BCUT2D eigenvalue weighted by molar-refractivity contribution is 5.88. The van der Waals surface area contributed by atoms with Gasteiger partial charge in [-0.05, 0) is 13.0 Å². The van der Waals surface area contributed by atoms with Gasteiger partial charge in [0.15, 0.2) is 11.5 Å². The highest BCUT2D eigenvalue weighted by Gasteiger charge is 2.34. The molecule has 0 bridgehead atoms. The molecule has 0 aliphatic heterocycles. The number of rotatable bonds is 3. The number of aromatic nitrogens is 4.